The highest BCUT2D eigenvalue weighted by Crippen LogP contribution is 2.32. The van der Waals surface area contributed by atoms with Crippen molar-refractivity contribution in [3.8, 4) is 0 Å². The van der Waals surface area contributed by atoms with Crippen LogP contribution in [0.1, 0.15) is 37.1 Å². The van der Waals surface area contributed by atoms with Gasteiger partial charge in [-0.15, -0.1) is 35.3 Å². The van der Waals surface area contributed by atoms with E-state index < -0.39 is 0 Å². The van der Waals surface area contributed by atoms with Crippen LogP contribution in [0.3, 0.4) is 0 Å². The van der Waals surface area contributed by atoms with Crippen LogP contribution >= 0.6 is 35.3 Å². The second kappa shape index (κ2) is 11.7. The van der Waals surface area contributed by atoms with Crippen LogP contribution in [0.25, 0.3) is 0 Å². The third kappa shape index (κ3) is 6.29. The van der Waals surface area contributed by atoms with Gasteiger partial charge in [0.05, 0.1) is 13.2 Å². The largest absolute Gasteiger partial charge is 0.396 e. The lowest BCUT2D eigenvalue weighted by Crippen LogP contribution is -2.47. The number of aliphatic imine (C=N–C) groups is 1. The molecule has 1 saturated heterocycles. The van der Waals surface area contributed by atoms with E-state index in [1.165, 1.54) is 5.56 Å². The van der Waals surface area contributed by atoms with Gasteiger partial charge >= 0.3 is 0 Å². The maximum atomic E-state index is 9.39. The first-order valence-electron chi connectivity index (χ1n) is 10.2. The summed E-state index contributed by atoms with van der Waals surface area (Å²) < 4.78 is 5.58. The first-order chi connectivity index (χ1) is 13.2. The van der Waals surface area contributed by atoms with Gasteiger partial charge in [-0.3, -0.25) is 9.89 Å². The van der Waals surface area contributed by atoms with Gasteiger partial charge in [-0.2, -0.15) is 0 Å². The average Bonchev–Trinajstić information content (AvgIpc) is 3.33. The molecular weight excluding hydrogens is 487 g/mol. The number of nitrogens with one attached hydrogen (secondary N) is 2. The number of guanidine groups is 1. The molecule has 160 valence electrons. The van der Waals surface area contributed by atoms with Crippen molar-refractivity contribution in [2.45, 2.75) is 45.7 Å². The fraction of sp³-hybridized carbons (Fsp3) is 0.750. The second-order valence-corrected chi connectivity index (χ2v) is 8.79. The summed E-state index contributed by atoms with van der Waals surface area (Å²) in [6.45, 7) is 10.6. The van der Waals surface area contributed by atoms with Crippen molar-refractivity contribution in [1.82, 2.24) is 15.5 Å². The number of nitrogens with zero attached hydrogens (tertiary/aromatic N) is 2. The number of fused-ring (bicyclic) bond motifs is 1. The van der Waals surface area contributed by atoms with E-state index in [9.17, 15) is 5.11 Å². The molecule has 0 spiro atoms. The topological polar surface area (TPSA) is 69.1 Å². The van der Waals surface area contributed by atoms with E-state index in [1.54, 1.807) is 4.88 Å². The van der Waals surface area contributed by atoms with Gasteiger partial charge in [-0.1, -0.05) is 0 Å². The zero-order valence-corrected chi connectivity index (χ0v) is 20.2. The van der Waals surface area contributed by atoms with Crippen molar-refractivity contribution in [3.63, 3.8) is 0 Å². The third-order valence-corrected chi connectivity index (χ3v) is 6.79. The number of rotatable bonds is 8. The number of halogens is 1. The van der Waals surface area contributed by atoms with Gasteiger partial charge in [0.1, 0.15) is 0 Å². The summed E-state index contributed by atoms with van der Waals surface area (Å²) in [5.74, 6) is 0.863. The van der Waals surface area contributed by atoms with Crippen molar-refractivity contribution in [2.75, 3.05) is 46.0 Å². The quantitative estimate of drug-likeness (QED) is 0.278. The van der Waals surface area contributed by atoms with Crippen LogP contribution in [0.5, 0.6) is 0 Å². The molecule has 0 saturated carbocycles. The Morgan fingerprint density at radius 3 is 3.04 bits per heavy atom. The minimum Gasteiger partial charge on any atom is -0.396 e. The predicted molar refractivity (Wildman–Crippen MR) is 127 cm³/mol. The van der Waals surface area contributed by atoms with Crippen molar-refractivity contribution in [2.24, 2.45) is 10.4 Å². The summed E-state index contributed by atoms with van der Waals surface area (Å²) in [6, 6.07) is 2.71. The van der Waals surface area contributed by atoms with Gasteiger partial charge in [-0.25, -0.2) is 0 Å². The summed E-state index contributed by atoms with van der Waals surface area (Å²) in [7, 11) is 0. The summed E-state index contributed by atoms with van der Waals surface area (Å²) in [4.78, 5) is 8.91. The van der Waals surface area contributed by atoms with Gasteiger partial charge in [0, 0.05) is 55.7 Å². The molecule has 1 aromatic heterocycles. The number of aliphatic hydroxyl groups excluding tert-OH is 1. The molecule has 3 N–H and O–H groups in total. The van der Waals surface area contributed by atoms with E-state index in [1.807, 2.05) is 11.3 Å². The SMILES string of the molecule is CCNC(=NCC1(CCO)CCOC1)NCC(C)N1CCc2sccc2C1.I. The van der Waals surface area contributed by atoms with Gasteiger partial charge in [0.15, 0.2) is 5.96 Å². The predicted octanol–water partition coefficient (Wildman–Crippen LogP) is 2.46. The molecule has 2 unspecified atom stereocenters. The Balaban J connectivity index is 0.00000280. The number of hydrogen-bond donors (Lipinski definition) is 3. The lowest BCUT2D eigenvalue weighted by atomic mass is 9.84. The molecule has 0 radical (unpaired) electrons. The molecule has 2 aliphatic rings. The lowest BCUT2D eigenvalue weighted by Gasteiger charge is -2.33. The molecule has 1 fully saturated rings. The Labute approximate surface area is 190 Å². The zero-order chi connectivity index (χ0) is 19.1. The molecule has 0 amide bonds. The third-order valence-electron chi connectivity index (χ3n) is 5.77. The Morgan fingerprint density at radius 1 is 1.46 bits per heavy atom. The number of aliphatic hydroxyl groups is 1. The molecular formula is C20H35IN4O2S. The molecule has 3 heterocycles. The average molecular weight is 522 g/mol. The van der Waals surface area contributed by atoms with Crippen LogP contribution in [-0.4, -0.2) is 68.0 Å². The summed E-state index contributed by atoms with van der Waals surface area (Å²) in [5.41, 5.74) is 1.48. The maximum absolute atomic E-state index is 9.39. The minimum absolute atomic E-state index is 0. The number of thiophene rings is 1. The zero-order valence-electron chi connectivity index (χ0n) is 17.1. The van der Waals surface area contributed by atoms with Crippen molar-refractivity contribution >= 4 is 41.3 Å². The maximum Gasteiger partial charge on any atom is 0.191 e. The highest BCUT2D eigenvalue weighted by Gasteiger charge is 2.34. The Kier molecular flexibility index (Phi) is 9.96. The number of hydrogen-bond acceptors (Lipinski definition) is 5. The summed E-state index contributed by atoms with van der Waals surface area (Å²) >= 11 is 1.89. The molecule has 0 aromatic carbocycles. The highest BCUT2D eigenvalue weighted by molar-refractivity contribution is 14.0. The fourth-order valence-electron chi connectivity index (χ4n) is 3.90. The van der Waals surface area contributed by atoms with E-state index in [0.717, 1.165) is 58.0 Å². The Hall–Kier alpha value is -0.420. The van der Waals surface area contributed by atoms with Gasteiger partial charge in [-0.05, 0) is 50.1 Å². The van der Waals surface area contributed by atoms with Crippen LogP contribution in [0.4, 0.5) is 0 Å². The van der Waals surface area contributed by atoms with E-state index in [4.69, 9.17) is 9.73 Å². The molecule has 3 rings (SSSR count). The van der Waals surface area contributed by atoms with Crippen LogP contribution in [0.2, 0.25) is 0 Å². The highest BCUT2D eigenvalue weighted by atomic mass is 127. The molecule has 6 nitrogen and oxygen atoms in total. The standard InChI is InChI=1S/C20H34N4O2S.HI/c1-3-21-19(23-14-20(6-9-25)7-10-26-15-20)22-12-16(2)24-8-4-18-17(13-24)5-11-27-18;/h5,11,16,25H,3-4,6-10,12-15H2,1-2H3,(H2,21,22,23);1H. The van der Waals surface area contributed by atoms with Crippen LogP contribution in [0.15, 0.2) is 16.4 Å². The van der Waals surface area contributed by atoms with Gasteiger partial charge in [0.25, 0.3) is 0 Å². The normalized spacial score (nSPS) is 23.8. The van der Waals surface area contributed by atoms with Crippen molar-refractivity contribution in [1.29, 1.82) is 0 Å². The van der Waals surface area contributed by atoms with E-state index in [2.05, 4.69) is 40.8 Å². The molecule has 2 atom stereocenters. The second-order valence-electron chi connectivity index (χ2n) is 7.79. The van der Waals surface area contributed by atoms with E-state index in [0.29, 0.717) is 19.2 Å². The summed E-state index contributed by atoms with van der Waals surface area (Å²) in [6.07, 6.45) is 2.89. The molecule has 28 heavy (non-hydrogen) atoms. The first kappa shape index (κ1) is 23.9. The van der Waals surface area contributed by atoms with E-state index >= 15 is 0 Å². The van der Waals surface area contributed by atoms with Crippen LogP contribution < -0.4 is 10.6 Å². The van der Waals surface area contributed by atoms with Crippen molar-refractivity contribution < 1.29 is 9.84 Å². The fourth-order valence-corrected chi connectivity index (χ4v) is 4.79. The number of ether oxygens (including phenoxy) is 1. The van der Waals surface area contributed by atoms with Crippen LogP contribution in [0, 0.1) is 5.41 Å². The molecule has 8 heteroatoms. The molecule has 0 bridgehead atoms. The molecule has 2 aliphatic heterocycles. The van der Waals surface area contributed by atoms with Crippen LogP contribution in [-0.2, 0) is 17.7 Å². The van der Waals surface area contributed by atoms with Gasteiger partial charge < -0.3 is 20.5 Å². The molecule has 1 aromatic rings. The monoisotopic (exact) mass is 522 g/mol. The van der Waals surface area contributed by atoms with Gasteiger partial charge in [0.2, 0.25) is 0 Å². The van der Waals surface area contributed by atoms with E-state index in [-0.39, 0.29) is 36.0 Å². The Morgan fingerprint density at radius 2 is 2.32 bits per heavy atom. The summed E-state index contributed by atoms with van der Waals surface area (Å²) in [5, 5.41) is 18.5. The lowest BCUT2D eigenvalue weighted by molar-refractivity contribution is 0.131. The smallest absolute Gasteiger partial charge is 0.191 e. The Bertz CT molecular complexity index is 619. The molecule has 0 aliphatic carbocycles. The van der Waals surface area contributed by atoms with Crippen molar-refractivity contribution in [3.05, 3.63) is 21.9 Å². The minimum atomic E-state index is -0.00899. The first-order valence-corrected chi connectivity index (χ1v) is 11.0.